The fourth-order valence-electron chi connectivity index (χ4n) is 1.51. The van der Waals surface area contributed by atoms with Crippen molar-refractivity contribution in [3.8, 4) is 0 Å². The second-order valence-electron chi connectivity index (χ2n) is 4.36. The Morgan fingerprint density at radius 2 is 1.95 bits per heavy atom. The maximum absolute atomic E-state index is 11.9. The summed E-state index contributed by atoms with van der Waals surface area (Å²) in [5, 5.41) is 2.49. The van der Waals surface area contributed by atoms with Gasteiger partial charge in [-0.25, -0.2) is 0 Å². The van der Waals surface area contributed by atoms with Crippen molar-refractivity contribution in [3.63, 3.8) is 0 Å². The van der Waals surface area contributed by atoms with Crippen LogP contribution in [0.15, 0.2) is 0 Å². The lowest BCUT2D eigenvalue weighted by atomic mass is 10.2. The Balaban J connectivity index is 0.000000982. The molecule has 0 aliphatic carbocycles. The van der Waals surface area contributed by atoms with Crippen LogP contribution in [0.25, 0.3) is 0 Å². The van der Waals surface area contributed by atoms with Crippen molar-refractivity contribution in [2.45, 2.75) is 46.2 Å². The second kappa shape index (κ2) is 8.79. The number of thioether (sulfide) groups is 1. The number of nitrogens with zero attached hydrogens (tertiary/aromatic N) is 1. The highest BCUT2D eigenvalue weighted by molar-refractivity contribution is 7.99. The van der Waals surface area contributed by atoms with E-state index in [9.17, 15) is 14.4 Å². The van der Waals surface area contributed by atoms with Crippen LogP contribution in [-0.2, 0) is 14.4 Å². The first kappa shape index (κ1) is 17.8. The van der Waals surface area contributed by atoms with E-state index in [1.54, 1.807) is 6.92 Å². The van der Waals surface area contributed by atoms with Crippen LogP contribution in [0.3, 0.4) is 0 Å². The lowest BCUT2D eigenvalue weighted by Gasteiger charge is -2.24. The molecule has 110 valence electrons. The van der Waals surface area contributed by atoms with E-state index in [4.69, 9.17) is 5.73 Å². The van der Waals surface area contributed by atoms with Gasteiger partial charge in [0.05, 0.1) is 5.88 Å². The number of carbonyl (C=O) groups excluding carboxylic acids is 3. The summed E-state index contributed by atoms with van der Waals surface area (Å²) in [6.45, 7) is 7.18. The normalized spacial score (nSPS) is 19.2. The summed E-state index contributed by atoms with van der Waals surface area (Å²) < 4.78 is 0. The molecular formula is C12H23N3O3S. The smallest absolute Gasteiger partial charge is 0.246 e. The molecule has 6 nitrogen and oxygen atoms in total. The fraction of sp³-hybridized carbons (Fsp3) is 0.750. The highest BCUT2D eigenvalue weighted by Gasteiger charge is 2.35. The predicted octanol–water partition coefficient (Wildman–Crippen LogP) is 0.314. The van der Waals surface area contributed by atoms with E-state index in [0.29, 0.717) is 11.6 Å². The molecule has 19 heavy (non-hydrogen) atoms. The molecule has 3 amide bonds. The molecule has 0 spiro atoms. The zero-order valence-electron chi connectivity index (χ0n) is 11.9. The first-order chi connectivity index (χ1) is 8.84. The van der Waals surface area contributed by atoms with E-state index in [1.165, 1.54) is 30.0 Å². The van der Waals surface area contributed by atoms with Crippen LogP contribution in [0.5, 0.6) is 0 Å². The summed E-state index contributed by atoms with van der Waals surface area (Å²) in [7, 11) is 0. The molecule has 1 fully saturated rings. The summed E-state index contributed by atoms with van der Waals surface area (Å²) >= 11 is 1.47. The number of amides is 3. The number of rotatable bonds is 3. The van der Waals surface area contributed by atoms with Crippen molar-refractivity contribution in [1.29, 1.82) is 0 Å². The van der Waals surface area contributed by atoms with Crippen molar-refractivity contribution < 1.29 is 14.4 Å². The van der Waals surface area contributed by atoms with Crippen LogP contribution in [-0.4, -0.2) is 46.3 Å². The van der Waals surface area contributed by atoms with Gasteiger partial charge in [-0.15, -0.1) is 11.8 Å². The number of nitrogens with one attached hydrogen (secondary N) is 1. The highest BCUT2D eigenvalue weighted by atomic mass is 32.2. The van der Waals surface area contributed by atoms with Crippen LogP contribution in [0.2, 0.25) is 0 Å². The summed E-state index contributed by atoms with van der Waals surface area (Å²) in [5.41, 5.74) is 5.19. The fourth-order valence-corrected chi connectivity index (χ4v) is 2.69. The Kier molecular flexibility index (Phi) is 8.22. The molecular weight excluding hydrogens is 266 g/mol. The Morgan fingerprint density at radius 1 is 1.42 bits per heavy atom. The number of hydrogen-bond donors (Lipinski definition) is 2. The minimum atomic E-state index is -0.627. The Hall–Kier alpha value is -1.24. The van der Waals surface area contributed by atoms with Crippen LogP contribution in [0.1, 0.15) is 34.1 Å². The predicted molar refractivity (Wildman–Crippen MR) is 76.4 cm³/mol. The zero-order valence-corrected chi connectivity index (χ0v) is 12.8. The monoisotopic (exact) mass is 289 g/mol. The third-order valence-electron chi connectivity index (χ3n) is 2.28. The van der Waals surface area contributed by atoms with Gasteiger partial charge in [0.15, 0.2) is 0 Å². The lowest BCUT2D eigenvalue weighted by Crippen LogP contribution is -2.52. The van der Waals surface area contributed by atoms with E-state index in [-0.39, 0.29) is 11.8 Å². The van der Waals surface area contributed by atoms with Gasteiger partial charge >= 0.3 is 0 Å². The molecule has 1 rings (SSSR count). The van der Waals surface area contributed by atoms with Gasteiger partial charge in [-0.3, -0.25) is 14.4 Å². The standard InChI is InChI=1S/C9H15N3O3S.C3H8/c1-5(11-6(2)13)9(15)12-4-16-3-7(12)8(10)14;1-3-2/h5,7H,3-4H2,1-2H3,(H2,10,14)(H,11,13);3H2,1-2H3/t5-,7+;/m0./s1. The molecule has 1 heterocycles. The Morgan fingerprint density at radius 3 is 2.37 bits per heavy atom. The van der Waals surface area contributed by atoms with Crippen molar-refractivity contribution in [2.75, 3.05) is 11.6 Å². The van der Waals surface area contributed by atoms with Crippen molar-refractivity contribution in [3.05, 3.63) is 0 Å². The molecule has 0 aromatic heterocycles. The summed E-state index contributed by atoms with van der Waals surface area (Å²) in [5.74, 6) is -0.0924. The third-order valence-corrected chi connectivity index (χ3v) is 3.30. The van der Waals surface area contributed by atoms with Gasteiger partial charge in [-0.05, 0) is 6.92 Å². The summed E-state index contributed by atoms with van der Waals surface area (Å²) in [4.78, 5) is 35.2. The number of primary amides is 1. The zero-order chi connectivity index (χ0) is 15.0. The van der Waals surface area contributed by atoms with E-state index in [2.05, 4.69) is 19.2 Å². The Bertz CT molecular complexity index is 336. The molecule has 0 aromatic rings. The molecule has 0 unspecified atom stereocenters. The van der Waals surface area contributed by atoms with Gasteiger partial charge < -0.3 is 16.0 Å². The molecule has 0 aromatic carbocycles. The van der Waals surface area contributed by atoms with Crippen LogP contribution < -0.4 is 11.1 Å². The van der Waals surface area contributed by atoms with Crippen LogP contribution >= 0.6 is 11.8 Å². The molecule has 0 saturated carbocycles. The largest absolute Gasteiger partial charge is 0.368 e. The topological polar surface area (TPSA) is 92.5 Å². The summed E-state index contributed by atoms with van der Waals surface area (Å²) in [6, 6.07) is -1.19. The van der Waals surface area contributed by atoms with Gasteiger partial charge in [-0.2, -0.15) is 0 Å². The first-order valence-corrected chi connectivity index (χ1v) is 7.45. The minimum Gasteiger partial charge on any atom is -0.368 e. The van der Waals surface area contributed by atoms with Crippen LogP contribution in [0, 0.1) is 0 Å². The van der Waals surface area contributed by atoms with Gasteiger partial charge in [0.1, 0.15) is 12.1 Å². The van der Waals surface area contributed by atoms with Crippen molar-refractivity contribution >= 4 is 29.5 Å². The maximum Gasteiger partial charge on any atom is 0.246 e. The lowest BCUT2D eigenvalue weighted by molar-refractivity contribution is -0.139. The van der Waals surface area contributed by atoms with Gasteiger partial charge in [-0.1, -0.05) is 20.3 Å². The molecule has 1 aliphatic rings. The average molecular weight is 289 g/mol. The first-order valence-electron chi connectivity index (χ1n) is 6.29. The van der Waals surface area contributed by atoms with E-state index < -0.39 is 18.0 Å². The van der Waals surface area contributed by atoms with E-state index >= 15 is 0 Å². The molecule has 0 radical (unpaired) electrons. The van der Waals surface area contributed by atoms with Gasteiger partial charge in [0, 0.05) is 12.7 Å². The number of nitrogens with two attached hydrogens (primary N) is 1. The quantitative estimate of drug-likeness (QED) is 0.782. The van der Waals surface area contributed by atoms with Crippen LogP contribution in [0.4, 0.5) is 0 Å². The summed E-state index contributed by atoms with van der Waals surface area (Å²) in [6.07, 6.45) is 1.25. The van der Waals surface area contributed by atoms with Crippen molar-refractivity contribution in [1.82, 2.24) is 10.2 Å². The molecule has 1 saturated heterocycles. The molecule has 0 bridgehead atoms. The molecule has 7 heteroatoms. The van der Waals surface area contributed by atoms with Gasteiger partial charge in [0.25, 0.3) is 0 Å². The Labute approximate surface area is 118 Å². The molecule has 1 aliphatic heterocycles. The SMILES string of the molecule is CC(=O)N[C@@H](C)C(=O)N1CSC[C@@H]1C(N)=O.CCC. The van der Waals surface area contributed by atoms with E-state index in [0.717, 1.165) is 0 Å². The minimum absolute atomic E-state index is 0.274. The molecule has 3 N–H and O–H groups in total. The van der Waals surface area contributed by atoms with Gasteiger partial charge in [0.2, 0.25) is 17.7 Å². The molecule has 2 atom stereocenters. The second-order valence-corrected chi connectivity index (χ2v) is 5.36. The highest BCUT2D eigenvalue weighted by Crippen LogP contribution is 2.21. The number of hydrogen-bond acceptors (Lipinski definition) is 4. The third kappa shape index (κ3) is 5.96. The average Bonchev–Trinajstić information content (AvgIpc) is 2.76. The maximum atomic E-state index is 11.9. The van der Waals surface area contributed by atoms with Crippen molar-refractivity contribution in [2.24, 2.45) is 5.73 Å². The van der Waals surface area contributed by atoms with E-state index in [1.807, 2.05) is 0 Å². The number of carbonyl (C=O) groups is 3.